The lowest BCUT2D eigenvalue weighted by molar-refractivity contribution is 0.0690. The predicted molar refractivity (Wildman–Crippen MR) is 115 cm³/mol. The molecule has 10 nitrogen and oxygen atoms in total. The van der Waals surface area contributed by atoms with Gasteiger partial charge >= 0.3 is 12.1 Å². The van der Waals surface area contributed by atoms with E-state index in [9.17, 15) is 9.59 Å². The summed E-state index contributed by atoms with van der Waals surface area (Å²) < 4.78 is 10.8. The van der Waals surface area contributed by atoms with Crippen LogP contribution in [0.25, 0.3) is 0 Å². The van der Waals surface area contributed by atoms with Gasteiger partial charge in [0.15, 0.2) is 0 Å². The molecule has 0 spiro atoms. The van der Waals surface area contributed by atoms with E-state index in [1.54, 1.807) is 4.90 Å². The number of nitrogens with zero attached hydrogens (tertiary/aromatic N) is 5. The molecule has 4 rings (SSSR count). The van der Waals surface area contributed by atoms with E-state index >= 15 is 0 Å². The van der Waals surface area contributed by atoms with E-state index in [0.29, 0.717) is 41.9 Å². The van der Waals surface area contributed by atoms with Gasteiger partial charge in [-0.3, -0.25) is 4.90 Å². The Kier molecular flexibility index (Phi) is 6.35. The number of anilines is 1. The maximum Gasteiger partial charge on any atom is 0.412 e. The lowest BCUT2D eigenvalue weighted by Gasteiger charge is -2.35. The highest BCUT2D eigenvalue weighted by atomic mass is 35.5. The molecule has 2 aliphatic heterocycles. The van der Waals surface area contributed by atoms with E-state index in [2.05, 4.69) is 14.9 Å². The van der Waals surface area contributed by atoms with Crippen molar-refractivity contribution in [2.75, 3.05) is 38.2 Å². The van der Waals surface area contributed by atoms with E-state index in [1.165, 1.54) is 13.4 Å². The summed E-state index contributed by atoms with van der Waals surface area (Å²) in [6.45, 7) is 3.21. The third-order valence-electron chi connectivity index (χ3n) is 5.00. The summed E-state index contributed by atoms with van der Waals surface area (Å²) in [7, 11) is 1.43. The molecule has 31 heavy (non-hydrogen) atoms. The van der Waals surface area contributed by atoms with Gasteiger partial charge in [0.05, 0.1) is 7.11 Å². The van der Waals surface area contributed by atoms with Gasteiger partial charge < -0.3 is 20.1 Å². The minimum Gasteiger partial charge on any atom is -0.479 e. The van der Waals surface area contributed by atoms with Crippen molar-refractivity contribution in [3.63, 3.8) is 0 Å². The molecule has 1 atom stereocenters. The number of rotatable bonds is 4. The molecule has 2 aromatic rings. The van der Waals surface area contributed by atoms with Crippen molar-refractivity contribution in [3.8, 4) is 5.88 Å². The molecule has 1 aromatic carbocycles. The van der Waals surface area contributed by atoms with Crippen LogP contribution in [0.1, 0.15) is 5.56 Å². The number of nitrogens with two attached hydrogens (primary N) is 1. The second kappa shape index (κ2) is 9.16. The predicted octanol–water partition coefficient (Wildman–Crippen LogP) is 2.37. The molecular weight excluding hydrogens is 444 g/mol. The molecule has 0 aliphatic carbocycles. The lowest BCUT2D eigenvalue weighted by Crippen LogP contribution is -2.50. The quantitative estimate of drug-likeness (QED) is 0.686. The van der Waals surface area contributed by atoms with Crippen molar-refractivity contribution < 1.29 is 19.1 Å². The first-order valence-electron chi connectivity index (χ1n) is 9.53. The highest BCUT2D eigenvalue weighted by Crippen LogP contribution is 2.46. The van der Waals surface area contributed by atoms with Crippen LogP contribution in [0.15, 0.2) is 35.6 Å². The summed E-state index contributed by atoms with van der Waals surface area (Å²) >= 11 is 7.04. The van der Waals surface area contributed by atoms with Crippen LogP contribution in [-0.2, 0) is 11.3 Å². The number of halogens is 1. The largest absolute Gasteiger partial charge is 0.479 e. The van der Waals surface area contributed by atoms with Gasteiger partial charge in [0.1, 0.15) is 17.0 Å². The normalized spacial score (nSPS) is 18.6. The smallest absolute Gasteiger partial charge is 0.412 e. The maximum atomic E-state index is 12.7. The van der Waals surface area contributed by atoms with Gasteiger partial charge in [-0.25, -0.2) is 19.5 Å². The maximum absolute atomic E-state index is 12.7. The number of carbonyl (C=O) groups excluding carboxylic acids is 2. The number of carbonyl (C=O) groups is 2. The summed E-state index contributed by atoms with van der Waals surface area (Å²) in [5.41, 5.74) is 6.01. The van der Waals surface area contributed by atoms with Gasteiger partial charge in [-0.1, -0.05) is 23.7 Å². The third-order valence-corrected chi connectivity index (χ3v) is 6.28. The van der Waals surface area contributed by atoms with Crippen LogP contribution in [0, 0.1) is 0 Å². The van der Waals surface area contributed by atoms with E-state index in [0.717, 1.165) is 28.8 Å². The van der Waals surface area contributed by atoms with Crippen molar-refractivity contribution >= 4 is 41.2 Å². The first-order valence-corrected chi connectivity index (χ1v) is 10.8. The molecule has 2 aliphatic rings. The van der Waals surface area contributed by atoms with Gasteiger partial charge in [-0.15, -0.1) is 0 Å². The number of hydrogen-bond donors (Lipinski definition) is 1. The standard InChI is InChI=1S/C19H21ClN6O4S/c1-29-15-14-16(23-11-22-15)31-19(26(14)17(21)27)30-18(28)25-8-6-24(7-9-25)10-12-2-4-13(20)5-3-12/h2-5,11,19H,6-10H2,1H3,(H2,21,27). The fourth-order valence-corrected chi connectivity index (χ4v) is 4.60. The average molecular weight is 465 g/mol. The second-order valence-electron chi connectivity index (χ2n) is 6.94. The molecule has 2 N–H and O–H groups in total. The minimum atomic E-state index is -0.974. The lowest BCUT2D eigenvalue weighted by atomic mass is 10.2. The average Bonchev–Trinajstić information content (AvgIpc) is 3.14. The van der Waals surface area contributed by atoms with E-state index in [-0.39, 0.29) is 5.88 Å². The van der Waals surface area contributed by atoms with Crippen molar-refractivity contribution in [1.82, 2.24) is 19.8 Å². The van der Waals surface area contributed by atoms with Crippen LogP contribution in [0.4, 0.5) is 15.3 Å². The van der Waals surface area contributed by atoms with Gasteiger partial charge in [0.25, 0.3) is 0 Å². The highest BCUT2D eigenvalue weighted by Gasteiger charge is 2.41. The Morgan fingerprint density at radius 3 is 2.55 bits per heavy atom. The summed E-state index contributed by atoms with van der Waals surface area (Å²) in [5.74, 6) is 0.186. The summed E-state index contributed by atoms with van der Waals surface area (Å²) in [6.07, 6.45) is 0.795. The Hall–Kier alpha value is -2.76. The second-order valence-corrected chi connectivity index (χ2v) is 8.41. The van der Waals surface area contributed by atoms with Gasteiger partial charge in [0, 0.05) is 37.7 Å². The Labute approximate surface area is 188 Å². The number of fused-ring (bicyclic) bond motifs is 1. The Bertz CT molecular complexity index is 970. The van der Waals surface area contributed by atoms with Crippen molar-refractivity contribution in [2.24, 2.45) is 5.73 Å². The molecule has 0 radical (unpaired) electrons. The topological polar surface area (TPSA) is 114 Å². The minimum absolute atomic E-state index is 0.186. The van der Waals surface area contributed by atoms with Crippen LogP contribution in [0.5, 0.6) is 5.88 Å². The summed E-state index contributed by atoms with van der Waals surface area (Å²) in [4.78, 5) is 37.9. The zero-order valence-electron chi connectivity index (χ0n) is 16.7. The molecule has 1 unspecified atom stereocenters. The zero-order valence-corrected chi connectivity index (χ0v) is 18.3. The van der Waals surface area contributed by atoms with Gasteiger partial charge in [-0.2, -0.15) is 4.98 Å². The Balaban J connectivity index is 1.35. The number of thioether (sulfide) groups is 1. The van der Waals surface area contributed by atoms with Gasteiger partial charge in [-0.05, 0) is 29.5 Å². The van der Waals surface area contributed by atoms with Crippen LogP contribution in [-0.4, -0.2) is 70.7 Å². The molecule has 0 saturated carbocycles. The monoisotopic (exact) mass is 464 g/mol. The van der Waals surface area contributed by atoms with Crippen molar-refractivity contribution in [1.29, 1.82) is 0 Å². The van der Waals surface area contributed by atoms with Crippen LogP contribution < -0.4 is 15.4 Å². The molecule has 164 valence electrons. The van der Waals surface area contributed by atoms with Crippen molar-refractivity contribution in [3.05, 3.63) is 41.2 Å². The molecule has 12 heteroatoms. The van der Waals surface area contributed by atoms with E-state index < -0.39 is 17.7 Å². The number of hydrogen-bond acceptors (Lipinski definition) is 8. The molecule has 1 aromatic heterocycles. The fourth-order valence-electron chi connectivity index (χ4n) is 3.43. The summed E-state index contributed by atoms with van der Waals surface area (Å²) in [6, 6.07) is 6.93. The first kappa shape index (κ1) is 21.5. The molecule has 0 bridgehead atoms. The number of amides is 3. The van der Waals surface area contributed by atoms with Gasteiger partial charge in [0.2, 0.25) is 11.4 Å². The summed E-state index contributed by atoms with van der Waals surface area (Å²) in [5, 5.41) is 1.16. The molecule has 3 heterocycles. The third kappa shape index (κ3) is 4.63. The molecular formula is C19H21ClN6O4S. The SMILES string of the molecule is COc1ncnc2c1N(C(N)=O)C(OC(=O)N1CCN(Cc3ccc(Cl)cc3)CC1)S2. The Morgan fingerprint density at radius 1 is 1.19 bits per heavy atom. The fraction of sp³-hybridized carbons (Fsp3) is 0.368. The number of urea groups is 1. The Morgan fingerprint density at radius 2 is 1.90 bits per heavy atom. The number of aromatic nitrogens is 2. The highest BCUT2D eigenvalue weighted by molar-refractivity contribution is 8.00. The van der Waals surface area contributed by atoms with E-state index in [1.807, 2.05) is 24.3 Å². The number of primary amides is 1. The van der Waals surface area contributed by atoms with Crippen LogP contribution in [0.3, 0.4) is 0 Å². The molecule has 1 fully saturated rings. The molecule has 1 saturated heterocycles. The first-order chi connectivity index (χ1) is 15.0. The van der Waals surface area contributed by atoms with Crippen molar-refractivity contribution in [2.45, 2.75) is 17.1 Å². The van der Waals surface area contributed by atoms with Crippen LogP contribution >= 0.6 is 23.4 Å². The molecule has 3 amide bonds. The number of methoxy groups -OCH3 is 1. The zero-order chi connectivity index (χ0) is 22.0. The number of ether oxygens (including phenoxy) is 2. The van der Waals surface area contributed by atoms with Crippen LogP contribution in [0.2, 0.25) is 5.02 Å². The van der Waals surface area contributed by atoms with E-state index in [4.69, 9.17) is 26.8 Å². The number of benzene rings is 1. The number of piperazine rings is 1.